The van der Waals surface area contributed by atoms with Crippen molar-refractivity contribution in [2.45, 2.75) is 20.3 Å². The average molecular weight is 330 g/mol. The Hall–Kier alpha value is -3.46. The summed E-state index contributed by atoms with van der Waals surface area (Å²) in [5.74, 6) is 0.977. The number of anilines is 4. The Labute approximate surface area is 146 Å². The largest absolute Gasteiger partial charge is 0.339 e. The molecule has 0 unspecified atom stereocenters. The van der Waals surface area contributed by atoms with Gasteiger partial charge in [-0.3, -0.25) is 0 Å². The van der Waals surface area contributed by atoms with Crippen LogP contribution in [-0.4, -0.2) is 15.2 Å². The number of nitrogens with one attached hydrogen (secondary N) is 2. The molecule has 0 atom stereocenters. The van der Waals surface area contributed by atoms with Crippen LogP contribution >= 0.6 is 0 Å². The highest BCUT2D eigenvalue weighted by Gasteiger charge is 2.08. The zero-order valence-electron chi connectivity index (χ0n) is 14.1. The molecule has 6 nitrogen and oxygen atoms in total. The van der Waals surface area contributed by atoms with Crippen LogP contribution in [0.2, 0.25) is 0 Å². The predicted molar refractivity (Wildman–Crippen MR) is 98.1 cm³/mol. The highest BCUT2D eigenvalue weighted by Crippen LogP contribution is 2.24. The molecular weight excluding hydrogens is 312 g/mol. The Morgan fingerprint density at radius 3 is 2.76 bits per heavy atom. The lowest BCUT2D eigenvalue weighted by atomic mass is 10.1. The van der Waals surface area contributed by atoms with E-state index in [9.17, 15) is 0 Å². The standard InChI is InChI=1S/C19H18N6/c1-3-15-8-4-6-13(2)18(15)24-19-23-17(12-21-25-19)22-16-9-5-7-14(10-16)11-20/h4-10,12H,3H2,1-2H3,(H2,22,23,24,25). The van der Waals surface area contributed by atoms with Crippen LogP contribution in [0.25, 0.3) is 0 Å². The molecule has 2 N–H and O–H groups in total. The van der Waals surface area contributed by atoms with Crippen LogP contribution in [-0.2, 0) is 6.42 Å². The first kappa shape index (κ1) is 16.4. The van der Waals surface area contributed by atoms with Gasteiger partial charge in [0.1, 0.15) is 0 Å². The number of nitrogens with zero attached hydrogens (tertiary/aromatic N) is 4. The van der Waals surface area contributed by atoms with Crippen LogP contribution in [0, 0.1) is 18.3 Å². The molecule has 6 heteroatoms. The first-order valence-corrected chi connectivity index (χ1v) is 8.02. The lowest BCUT2D eigenvalue weighted by Gasteiger charge is -2.13. The molecule has 25 heavy (non-hydrogen) atoms. The number of para-hydroxylation sites is 1. The van der Waals surface area contributed by atoms with Crippen molar-refractivity contribution in [2.24, 2.45) is 0 Å². The second-order valence-electron chi connectivity index (χ2n) is 5.57. The van der Waals surface area contributed by atoms with Gasteiger partial charge < -0.3 is 10.6 Å². The van der Waals surface area contributed by atoms with Gasteiger partial charge in [0.05, 0.1) is 17.8 Å². The summed E-state index contributed by atoms with van der Waals surface area (Å²) in [5, 5.41) is 23.5. The third-order valence-corrected chi connectivity index (χ3v) is 3.80. The molecule has 3 aromatic rings. The zero-order valence-corrected chi connectivity index (χ0v) is 14.1. The summed E-state index contributed by atoms with van der Waals surface area (Å²) in [6, 6.07) is 15.5. The van der Waals surface area contributed by atoms with Crippen molar-refractivity contribution < 1.29 is 0 Å². The van der Waals surface area contributed by atoms with Gasteiger partial charge in [-0.15, -0.1) is 5.10 Å². The molecule has 0 aliphatic rings. The lowest BCUT2D eigenvalue weighted by molar-refractivity contribution is 0.979. The molecule has 1 heterocycles. The second kappa shape index (κ2) is 7.41. The van der Waals surface area contributed by atoms with Crippen molar-refractivity contribution in [1.29, 1.82) is 5.26 Å². The first-order valence-electron chi connectivity index (χ1n) is 8.02. The van der Waals surface area contributed by atoms with Crippen LogP contribution in [0.15, 0.2) is 48.7 Å². The van der Waals surface area contributed by atoms with Crippen molar-refractivity contribution in [1.82, 2.24) is 15.2 Å². The fourth-order valence-corrected chi connectivity index (χ4v) is 2.54. The van der Waals surface area contributed by atoms with Gasteiger partial charge >= 0.3 is 0 Å². The third-order valence-electron chi connectivity index (χ3n) is 3.80. The molecule has 2 aromatic carbocycles. The van der Waals surface area contributed by atoms with Crippen molar-refractivity contribution >= 4 is 23.1 Å². The number of aryl methyl sites for hydroxylation is 2. The average Bonchev–Trinajstić information content (AvgIpc) is 2.64. The lowest BCUT2D eigenvalue weighted by Crippen LogP contribution is -2.05. The van der Waals surface area contributed by atoms with Gasteiger partial charge in [-0.1, -0.05) is 31.2 Å². The van der Waals surface area contributed by atoms with Crippen LogP contribution in [0.4, 0.5) is 23.1 Å². The number of nitriles is 1. The highest BCUT2D eigenvalue weighted by molar-refractivity contribution is 5.64. The Morgan fingerprint density at radius 2 is 1.96 bits per heavy atom. The molecule has 1 aromatic heterocycles. The summed E-state index contributed by atoms with van der Waals surface area (Å²) >= 11 is 0. The number of aromatic nitrogens is 3. The Balaban J connectivity index is 1.84. The van der Waals surface area contributed by atoms with Gasteiger partial charge in [0.25, 0.3) is 0 Å². The predicted octanol–water partition coefficient (Wildman–Crippen LogP) is 4.10. The van der Waals surface area contributed by atoms with Gasteiger partial charge in [0.15, 0.2) is 5.82 Å². The molecule has 0 amide bonds. The van der Waals surface area contributed by atoms with E-state index in [0.29, 0.717) is 17.3 Å². The van der Waals surface area contributed by atoms with Crippen molar-refractivity contribution in [3.8, 4) is 6.07 Å². The topological polar surface area (TPSA) is 86.5 Å². The maximum atomic E-state index is 8.99. The van der Waals surface area contributed by atoms with E-state index in [2.05, 4.69) is 44.9 Å². The summed E-state index contributed by atoms with van der Waals surface area (Å²) in [6.45, 7) is 4.16. The summed E-state index contributed by atoms with van der Waals surface area (Å²) in [6.07, 6.45) is 2.46. The van der Waals surface area contributed by atoms with E-state index in [1.807, 2.05) is 31.2 Å². The smallest absolute Gasteiger partial charge is 0.249 e. The van der Waals surface area contributed by atoms with E-state index in [1.54, 1.807) is 18.3 Å². The van der Waals surface area contributed by atoms with E-state index in [1.165, 1.54) is 5.56 Å². The van der Waals surface area contributed by atoms with Crippen LogP contribution in [0.5, 0.6) is 0 Å². The van der Waals surface area contributed by atoms with E-state index < -0.39 is 0 Å². The maximum absolute atomic E-state index is 8.99. The molecule has 0 spiro atoms. The van der Waals surface area contributed by atoms with Crippen LogP contribution in [0.3, 0.4) is 0 Å². The zero-order chi connectivity index (χ0) is 17.6. The second-order valence-corrected chi connectivity index (χ2v) is 5.57. The number of hydrogen-bond acceptors (Lipinski definition) is 6. The highest BCUT2D eigenvalue weighted by atomic mass is 15.3. The minimum Gasteiger partial charge on any atom is -0.339 e. The van der Waals surface area contributed by atoms with Gasteiger partial charge in [-0.25, -0.2) is 0 Å². The van der Waals surface area contributed by atoms with E-state index in [4.69, 9.17) is 5.26 Å². The minimum atomic E-state index is 0.422. The van der Waals surface area contributed by atoms with Gasteiger partial charge in [-0.05, 0) is 42.7 Å². The Kier molecular flexibility index (Phi) is 4.86. The summed E-state index contributed by atoms with van der Waals surface area (Å²) in [5.41, 5.74) is 4.69. The molecule has 124 valence electrons. The fraction of sp³-hybridized carbons (Fsp3) is 0.158. The summed E-state index contributed by atoms with van der Waals surface area (Å²) < 4.78 is 0. The van der Waals surface area contributed by atoms with Crippen molar-refractivity contribution in [3.63, 3.8) is 0 Å². The van der Waals surface area contributed by atoms with Gasteiger partial charge in [-0.2, -0.15) is 15.3 Å². The maximum Gasteiger partial charge on any atom is 0.249 e. The quantitative estimate of drug-likeness (QED) is 0.732. The molecule has 0 aliphatic heterocycles. The van der Waals surface area contributed by atoms with E-state index in [0.717, 1.165) is 23.4 Å². The molecule has 0 bridgehead atoms. The molecule has 0 saturated heterocycles. The minimum absolute atomic E-state index is 0.422. The van der Waals surface area contributed by atoms with E-state index in [-0.39, 0.29) is 0 Å². The van der Waals surface area contributed by atoms with E-state index >= 15 is 0 Å². The Bertz CT molecular complexity index is 929. The molecule has 3 rings (SSSR count). The molecule has 0 fully saturated rings. The van der Waals surface area contributed by atoms with Crippen LogP contribution < -0.4 is 10.6 Å². The van der Waals surface area contributed by atoms with Gasteiger partial charge in [0.2, 0.25) is 5.95 Å². The molecule has 0 saturated carbocycles. The normalized spacial score (nSPS) is 10.1. The number of benzene rings is 2. The van der Waals surface area contributed by atoms with Crippen LogP contribution in [0.1, 0.15) is 23.6 Å². The van der Waals surface area contributed by atoms with Gasteiger partial charge in [0, 0.05) is 11.4 Å². The van der Waals surface area contributed by atoms with Crippen molar-refractivity contribution in [3.05, 3.63) is 65.4 Å². The number of hydrogen-bond donors (Lipinski definition) is 2. The van der Waals surface area contributed by atoms with Crippen molar-refractivity contribution in [2.75, 3.05) is 10.6 Å². The molecule has 0 radical (unpaired) electrons. The third kappa shape index (κ3) is 3.90. The Morgan fingerprint density at radius 1 is 1.12 bits per heavy atom. The summed E-state index contributed by atoms with van der Waals surface area (Å²) in [4.78, 5) is 4.46. The summed E-state index contributed by atoms with van der Waals surface area (Å²) in [7, 11) is 0. The SMILES string of the molecule is CCc1cccc(C)c1Nc1nncc(Nc2cccc(C#N)c2)n1. The number of rotatable bonds is 5. The first-order chi connectivity index (χ1) is 12.2. The fourth-order valence-electron chi connectivity index (χ4n) is 2.54. The molecule has 0 aliphatic carbocycles. The monoisotopic (exact) mass is 330 g/mol. The molecular formula is C19H18N6.